The van der Waals surface area contributed by atoms with Crippen LogP contribution in [0.4, 0.5) is 0 Å². The van der Waals surface area contributed by atoms with Crippen LogP contribution in [-0.2, 0) is 4.79 Å². The van der Waals surface area contributed by atoms with Crippen LogP contribution in [0, 0.1) is 0 Å². The van der Waals surface area contributed by atoms with E-state index in [1.54, 1.807) is 0 Å². The van der Waals surface area contributed by atoms with Gasteiger partial charge in [0.2, 0.25) is 5.91 Å². The molecule has 4 nitrogen and oxygen atoms in total. The number of carbonyl (C=O) groups is 1. The number of rotatable bonds is 5. The van der Waals surface area contributed by atoms with E-state index in [0.29, 0.717) is 18.1 Å². The van der Waals surface area contributed by atoms with Crippen LogP contribution < -0.4 is 10.6 Å². The molecule has 0 aromatic heterocycles. The molecule has 110 valence electrons. The van der Waals surface area contributed by atoms with Crippen LogP contribution in [-0.4, -0.2) is 48.1 Å². The fraction of sp³-hybridized carbons (Fsp3) is 0.933. The highest BCUT2D eigenvalue weighted by Gasteiger charge is 2.41. The Morgan fingerprint density at radius 2 is 1.84 bits per heavy atom. The van der Waals surface area contributed by atoms with Crippen LogP contribution in [0.25, 0.3) is 0 Å². The summed E-state index contributed by atoms with van der Waals surface area (Å²) in [4.78, 5) is 14.6. The van der Waals surface area contributed by atoms with Crippen LogP contribution in [0.3, 0.4) is 0 Å². The monoisotopic (exact) mass is 267 g/mol. The predicted molar refractivity (Wildman–Crippen MR) is 78.1 cm³/mol. The maximum Gasteiger partial charge on any atom is 0.237 e. The highest BCUT2D eigenvalue weighted by atomic mass is 16.2. The molecule has 2 fully saturated rings. The van der Waals surface area contributed by atoms with Gasteiger partial charge in [-0.1, -0.05) is 13.3 Å². The molecule has 3 atom stereocenters. The molecule has 1 amide bonds. The summed E-state index contributed by atoms with van der Waals surface area (Å²) in [5.74, 6) is 0.196. The van der Waals surface area contributed by atoms with Crippen LogP contribution >= 0.6 is 0 Å². The lowest BCUT2D eigenvalue weighted by Gasteiger charge is -2.51. The zero-order valence-electron chi connectivity index (χ0n) is 12.6. The SMILES string of the molecule is CCNC(=O)C(C)N1C2CCCC1CC(NCC)C2. The van der Waals surface area contributed by atoms with E-state index in [9.17, 15) is 4.79 Å². The van der Waals surface area contributed by atoms with Crippen molar-refractivity contribution in [3.05, 3.63) is 0 Å². The second-order valence-electron chi connectivity index (χ2n) is 5.98. The van der Waals surface area contributed by atoms with Crippen molar-refractivity contribution in [1.29, 1.82) is 0 Å². The van der Waals surface area contributed by atoms with Crippen molar-refractivity contribution in [2.45, 2.75) is 77.0 Å². The Kier molecular flexibility index (Phi) is 5.22. The van der Waals surface area contributed by atoms with Gasteiger partial charge in [-0.3, -0.25) is 9.69 Å². The first-order chi connectivity index (χ1) is 9.17. The molecule has 0 spiro atoms. The largest absolute Gasteiger partial charge is 0.355 e. The van der Waals surface area contributed by atoms with E-state index in [1.165, 1.54) is 32.1 Å². The maximum absolute atomic E-state index is 12.1. The standard InChI is InChI=1S/C15H29N3O/c1-4-16-12-9-13-7-6-8-14(10-12)18(13)11(3)15(19)17-5-2/h11-14,16H,4-10H2,1-3H3,(H,17,19). The van der Waals surface area contributed by atoms with E-state index >= 15 is 0 Å². The van der Waals surface area contributed by atoms with Crippen molar-refractivity contribution in [1.82, 2.24) is 15.5 Å². The normalized spacial score (nSPS) is 32.9. The molecule has 0 aromatic rings. The molecule has 2 aliphatic rings. The summed E-state index contributed by atoms with van der Waals surface area (Å²) in [6.07, 6.45) is 6.24. The van der Waals surface area contributed by atoms with E-state index in [1.807, 2.05) is 6.92 Å². The molecule has 2 rings (SSSR count). The number of amides is 1. The number of carbonyl (C=O) groups excluding carboxylic acids is 1. The Hall–Kier alpha value is -0.610. The predicted octanol–water partition coefficient (Wildman–Crippen LogP) is 1.51. The van der Waals surface area contributed by atoms with Gasteiger partial charge in [-0.25, -0.2) is 0 Å². The number of nitrogens with zero attached hydrogens (tertiary/aromatic N) is 1. The first kappa shape index (κ1) is 14.8. The average Bonchev–Trinajstić information content (AvgIpc) is 2.37. The van der Waals surface area contributed by atoms with Gasteiger partial charge in [-0.15, -0.1) is 0 Å². The molecular formula is C15H29N3O. The average molecular weight is 267 g/mol. The second-order valence-corrected chi connectivity index (χ2v) is 5.98. The highest BCUT2D eigenvalue weighted by Crippen LogP contribution is 2.35. The third-order valence-corrected chi connectivity index (χ3v) is 4.70. The van der Waals surface area contributed by atoms with Gasteiger partial charge in [0.25, 0.3) is 0 Å². The Bertz CT molecular complexity index is 294. The molecular weight excluding hydrogens is 238 g/mol. The van der Waals surface area contributed by atoms with Crippen molar-refractivity contribution < 1.29 is 4.79 Å². The van der Waals surface area contributed by atoms with Gasteiger partial charge < -0.3 is 10.6 Å². The zero-order valence-corrected chi connectivity index (χ0v) is 12.6. The molecule has 2 heterocycles. The molecule has 2 bridgehead atoms. The number of nitrogens with one attached hydrogen (secondary N) is 2. The molecule has 3 unspecified atom stereocenters. The number of piperidine rings is 2. The summed E-state index contributed by atoms with van der Waals surface area (Å²) in [5, 5.41) is 6.57. The summed E-state index contributed by atoms with van der Waals surface area (Å²) in [5.41, 5.74) is 0. The Labute approximate surface area is 117 Å². The lowest BCUT2D eigenvalue weighted by atomic mass is 9.80. The van der Waals surface area contributed by atoms with Crippen molar-refractivity contribution in [2.75, 3.05) is 13.1 Å². The highest BCUT2D eigenvalue weighted by molar-refractivity contribution is 5.81. The van der Waals surface area contributed by atoms with Crippen LogP contribution in [0.1, 0.15) is 52.9 Å². The Morgan fingerprint density at radius 3 is 2.37 bits per heavy atom. The van der Waals surface area contributed by atoms with E-state index in [2.05, 4.69) is 29.4 Å². The minimum atomic E-state index is 0.0258. The molecule has 19 heavy (non-hydrogen) atoms. The van der Waals surface area contributed by atoms with E-state index in [4.69, 9.17) is 0 Å². The molecule has 2 saturated heterocycles. The van der Waals surface area contributed by atoms with Gasteiger partial charge in [0.15, 0.2) is 0 Å². The van der Waals surface area contributed by atoms with Gasteiger partial charge >= 0.3 is 0 Å². The maximum atomic E-state index is 12.1. The lowest BCUT2D eigenvalue weighted by Crippen LogP contribution is -2.61. The fourth-order valence-corrected chi connectivity index (χ4v) is 3.96. The lowest BCUT2D eigenvalue weighted by molar-refractivity contribution is -0.130. The molecule has 0 aliphatic carbocycles. The summed E-state index contributed by atoms with van der Waals surface area (Å²) >= 11 is 0. The quantitative estimate of drug-likeness (QED) is 0.793. The first-order valence-corrected chi connectivity index (χ1v) is 7.95. The Balaban J connectivity index is 2.03. The van der Waals surface area contributed by atoms with Gasteiger partial charge in [0.1, 0.15) is 0 Å². The number of hydrogen-bond donors (Lipinski definition) is 2. The smallest absolute Gasteiger partial charge is 0.237 e. The summed E-state index contributed by atoms with van der Waals surface area (Å²) in [6, 6.07) is 1.86. The molecule has 2 N–H and O–H groups in total. The number of likely N-dealkylation sites (N-methyl/N-ethyl adjacent to an activating group) is 1. The van der Waals surface area contributed by atoms with Gasteiger partial charge in [-0.2, -0.15) is 0 Å². The van der Waals surface area contributed by atoms with E-state index in [0.717, 1.165) is 13.1 Å². The third kappa shape index (κ3) is 3.29. The molecule has 4 heteroatoms. The summed E-state index contributed by atoms with van der Waals surface area (Å²) in [6.45, 7) is 8.02. The number of fused-ring (bicyclic) bond motifs is 2. The summed E-state index contributed by atoms with van der Waals surface area (Å²) in [7, 11) is 0. The minimum absolute atomic E-state index is 0.0258. The molecule has 2 aliphatic heterocycles. The molecule has 0 radical (unpaired) electrons. The van der Waals surface area contributed by atoms with Crippen molar-refractivity contribution in [3.8, 4) is 0 Å². The second kappa shape index (κ2) is 6.71. The minimum Gasteiger partial charge on any atom is -0.355 e. The van der Waals surface area contributed by atoms with Crippen LogP contribution in [0.15, 0.2) is 0 Å². The van der Waals surface area contributed by atoms with Crippen molar-refractivity contribution in [2.24, 2.45) is 0 Å². The fourth-order valence-electron chi connectivity index (χ4n) is 3.96. The van der Waals surface area contributed by atoms with Crippen LogP contribution in [0.2, 0.25) is 0 Å². The van der Waals surface area contributed by atoms with Crippen molar-refractivity contribution in [3.63, 3.8) is 0 Å². The van der Waals surface area contributed by atoms with Crippen LogP contribution in [0.5, 0.6) is 0 Å². The van der Waals surface area contributed by atoms with Gasteiger partial charge in [0, 0.05) is 24.7 Å². The topological polar surface area (TPSA) is 44.4 Å². The molecule has 0 aromatic carbocycles. The zero-order chi connectivity index (χ0) is 13.8. The van der Waals surface area contributed by atoms with Gasteiger partial charge in [-0.05, 0) is 46.1 Å². The third-order valence-electron chi connectivity index (χ3n) is 4.70. The van der Waals surface area contributed by atoms with Crippen molar-refractivity contribution >= 4 is 5.91 Å². The van der Waals surface area contributed by atoms with Gasteiger partial charge in [0.05, 0.1) is 6.04 Å². The first-order valence-electron chi connectivity index (χ1n) is 7.95. The summed E-state index contributed by atoms with van der Waals surface area (Å²) < 4.78 is 0. The molecule has 0 saturated carbocycles. The van der Waals surface area contributed by atoms with E-state index in [-0.39, 0.29) is 11.9 Å². The number of hydrogen-bond acceptors (Lipinski definition) is 3. The van der Waals surface area contributed by atoms with E-state index < -0.39 is 0 Å². The Morgan fingerprint density at radius 1 is 1.21 bits per heavy atom.